The van der Waals surface area contributed by atoms with Crippen LogP contribution in [0.4, 0.5) is 17.1 Å². The molecule has 0 atom stereocenters. The van der Waals surface area contributed by atoms with Gasteiger partial charge in [-0.2, -0.15) is 0 Å². The van der Waals surface area contributed by atoms with Gasteiger partial charge in [0, 0.05) is 58.8 Å². The molecule has 12 aromatic rings. The molecule has 0 amide bonds. The van der Waals surface area contributed by atoms with Crippen LogP contribution in [0.3, 0.4) is 0 Å². The normalized spacial score (nSPS) is 12.3. The zero-order valence-electron chi connectivity index (χ0n) is 27.5. The number of fused-ring (bicyclic) bond motifs is 15. The van der Waals surface area contributed by atoms with Crippen molar-refractivity contribution < 1.29 is 0 Å². The Bertz CT molecular complexity index is 3350. The summed E-state index contributed by atoms with van der Waals surface area (Å²) in [6.07, 6.45) is 0. The molecule has 0 fully saturated rings. The van der Waals surface area contributed by atoms with Gasteiger partial charge in [-0.1, -0.05) is 115 Å². The van der Waals surface area contributed by atoms with Gasteiger partial charge in [-0.15, -0.1) is 11.3 Å². The lowest BCUT2D eigenvalue weighted by Gasteiger charge is -2.26. The average Bonchev–Trinajstić information content (AvgIpc) is 3.85. The highest BCUT2D eigenvalue weighted by Gasteiger charge is 2.21. The smallest absolute Gasteiger partial charge is 0.0620 e. The molecule has 3 heterocycles. The fourth-order valence-corrected chi connectivity index (χ4v) is 9.98. The summed E-state index contributed by atoms with van der Waals surface area (Å²) in [7, 11) is 0. The summed E-state index contributed by atoms with van der Waals surface area (Å²) >= 11 is 1.86. The van der Waals surface area contributed by atoms with Crippen molar-refractivity contribution in [1.29, 1.82) is 0 Å². The van der Waals surface area contributed by atoms with Crippen molar-refractivity contribution in [1.82, 2.24) is 4.40 Å². The van der Waals surface area contributed by atoms with E-state index in [1.165, 1.54) is 90.6 Å². The van der Waals surface area contributed by atoms with E-state index in [-0.39, 0.29) is 0 Å². The number of rotatable bonds is 3. The molecule has 0 aliphatic heterocycles. The van der Waals surface area contributed by atoms with Crippen LogP contribution in [0.1, 0.15) is 0 Å². The number of benzene rings is 9. The molecule has 0 N–H and O–H groups in total. The zero-order chi connectivity index (χ0) is 33.2. The number of anilines is 3. The van der Waals surface area contributed by atoms with Crippen LogP contribution in [0.25, 0.3) is 90.6 Å². The van der Waals surface area contributed by atoms with Gasteiger partial charge in [0.15, 0.2) is 0 Å². The van der Waals surface area contributed by atoms with Gasteiger partial charge in [-0.3, -0.25) is 0 Å². The van der Waals surface area contributed by atoms with Gasteiger partial charge in [-0.25, -0.2) is 0 Å². The summed E-state index contributed by atoms with van der Waals surface area (Å²) in [6.45, 7) is 0. The maximum absolute atomic E-state index is 2.48. The van der Waals surface area contributed by atoms with Crippen molar-refractivity contribution in [2.24, 2.45) is 0 Å². The van der Waals surface area contributed by atoms with E-state index >= 15 is 0 Å². The van der Waals surface area contributed by atoms with E-state index in [9.17, 15) is 0 Å². The molecule has 0 aliphatic rings. The third-order valence-electron chi connectivity index (χ3n) is 11.1. The van der Waals surface area contributed by atoms with E-state index in [1.54, 1.807) is 0 Å². The summed E-state index contributed by atoms with van der Waals surface area (Å²) in [5.41, 5.74) is 7.19. The second-order valence-corrected chi connectivity index (χ2v) is 14.8. The Morgan fingerprint density at radius 3 is 1.51 bits per heavy atom. The first-order valence-electron chi connectivity index (χ1n) is 17.5. The van der Waals surface area contributed by atoms with Crippen LogP contribution in [-0.4, -0.2) is 4.40 Å². The molecular formula is C48H28N2S. The molecule has 0 bridgehead atoms. The van der Waals surface area contributed by atoms with Crippen LogP contribution in [0.5, 0.6) is 0 Å². The van der Waals surface area contributed by atoms with Gasteiger partial charge >= 0.3 is 0 Å². The zero-order valence-corrected chi connectivity index (χ0v) is 28.3. The average molecular weight is 665 g/mol. The summed E-state index contributed by atoms with van der Waals surface area (Å²) in [6, 6.07) is 63.1. The topological polar surface area (TPSA) is 7.65 Å². The van der Waals surface area contributed by atoms with Crippen molar-refractivity contribution in [2.45, 2.75) is 0 Å². The summed E-state index contributed by atoms with van der Waals surface area (Å²) in [5.74, 6) is 0. The molecule has 0 radical (unpaired) electrons. The van der Waals surface area contributed by atoms with Gasteiger partial charge < -0.3 is 9.30 Å². The highest BCUT2D eigenvalue weighted by Crippen LogP contribution is 2.45. The lowest BCUT2D eigenvalue weighted by atomic mass is 9.94. The molecule has 0 spiro atoms. The highest BCUT2D eigenvalue weighted by molar-refractivity contribution is 7.25. The summed E-state index contributed by atoms with van der Waals surface area (Å²) in [4.78, 5) is 2.46. The van der Waals surface area contributed by atoms with E-state index in [2.05, 4.69) is 179 Å². The molecule has 12 rings (SSSR count). The lowest BCUT2D eigenvalue weighted by Crippen LogP contribution is -2.10. The SMILES string of the molecule is c1ccc2c(c1)sc1ccc(N(c3ccc4c5ccccc5c5ccccc5c4c3)c3ccc4c5cccc6c7ccccc7n(c4c3)c65)cc12. The number of aromatic nitrogens is 1. The summed E-state index contributed by atoms with van der Waals surface area (Å²) in [5, 5.41) is 15.5. The Balaban J connectivity index is 1.18. The molecule has 0 saturated carbocycles. The molecule has 3 aromatic heterocycles. The predicted octanol–water partition coefficient (Wildman–Crippen LogP) is 14.1. The fourth-order valence-electron chi connectivity index (χ4n) is 8.89. The number of hydrogen-bond donors (Lipinski definition) is 0. The first-order chi connectivity index (χ1) is 25.3. The quantitative estimate of drug-likeness (QED) is 0.171. The Hall–Kier alpha value is -6.42. The minimum absolute atomic E-state index is 1.14. The molecule has 51 heavy (non-hydrogen) atoms. The summed E-state index contributed by atoms with van der Waals surface area (Å²) < 4.78 is 5.10. The van der Waals surface area contributed by atoms with Crippen LogP contribution < -0.4 is 4.90 Å². The van der Waals surface area contributed by atoms with Crippen LogP contribution in [-0.2, 0) is 0 Å². The number of nitrogens with zero attached hydrogens (tertiary/aromatic N) is 2. The van der Waals surface area contributed by atoms with Crippen LogP contribution >= 0.6 is 11.3 Å². The largest absolute Gasteiger partial charge is 0.310 e. The van der Waals surface area contributed by atoms with Gasteiger partial charge in [0.1, 0.15) is 0 Å². The predicted molar refractivity (Wildman–Crippen MR) is 221 cm³/mol. The highest BCUT2D eigenvalue weighted by atomic mass is 32.1. The Kier molecular flexibility index (Phi) is 5.41. The van der Waals surface area contributed by atoms with Crippen LogP contribution in [0, 0.1) is 0 Å². The molecule has 0 unspecified atom stereocenters. The third-order valence-corrected chi connectivity index (χ3v) is 12.2. The molecule has 0 aliphatic carbocycles. The third kappa shape index (κ3) is 3.71. The number of para-hydroxylation sites is 2. The monoisotopic (exact) mass is 664 g/mol. The van der Waals surface area contributed by atoms with Gasteiger partial charge in [0.25, 0.3) is 0 Å². The molecule has 0 saturated heterocycles. The van der Waals surface area contributed by atoms with E-state index in [0.717, 1.165) is 17.1 Å². The Labute approximate surface area is 296 Å². The van der Waals surface area contributed by atoms with Gasteiger partial charge in [0.05, 0.1) is 16.6 Å². The fraction of sp³-hybridized carbons (Fsp3) is 0. The van der Waals surface area contributed by atoms with E-state index in [1.807, 2.05) is 11.3 Å². The van der Waals surface area contributed by atoms with E-state index in [0.29, 0.717) is 0 Å². The maximum Gasteiger partial charge on any atom is 0.0620 e. The van der Waals surface area contributed by atoms with Crippen LogP contribution in [0.15, 0.2) is 170 Å². The van der Waals surface area contributed by atoms with Gasteiger partial charge in [-0.05, 0) is 86.9 Å². The lowest BCUT2D eigenvalue weighted by molar-refractivity contribution is 1.29. The molecular weight excluding hydrogens is 637 g/mol. The minimum atomic E-state index is 1.14. The van der Waals surface area contributed by atoms with E-state index < -0.39 is 0 Å². The van der Waals surface area contributed by atoms with Crippen molar-refractivity contribution in [3.8, 4) is 0 Å². The second kappa shape index (κ2) is 10.1. The standard InChI is InChI=1S/C48H28N2S/c1-2-12-34-32(10-1)33-11-3-4-13-35(33)42-26-29(20-23-36(34)42)49(30-22-25-47-43(27-30)39-15-6-8-19-46(39)51-47)31-21-24-38-41-17-9-16-40-37-14-5-7-18-44(37)50(48(40)41)45(38)28-31/h1-28H. The molecule has 3 heteroatoms. The minimum Gasteiger partial charge on any atom is -0.310 e. The van der Waals surface area contributed by atoms with Crippen LogP contribution in [0.2, 0.25) is 0 Å². The second-order valence-electron chi connectivity index (χ2n) is 13.7. The van der Waals surface area contributed by atoms with Crippen molar-refractivity contribution in [3.05, 3.63) is 170 Å². The molecule has 2 nitrogen and oxygen atoms in total. The first-order valence-corrected chi connectivity index (χ1v) is 18.3. The Morgan fingerprint density at radius 1 is 0.314 bits per heavy atom. The van der Waals surface area contributed by atoms with Gasteiger partial charge in [0.2, 0.25) is 0 Å². The molecule has 236 valence electrons. The maximum atomic E-state index is 2.48. The van der Waals surface area contributed by atoms with E-state index in [4.69, 9.17) is 0 Å². The van der Waals surface area contributed by atoms with Crippen molar-refractivity contribution >= 4 is 119 Å². The Morgan fingerprint density at radius 2 is 0.784 bits per heavy atom. The number of hydrogen-bond acceptors (Lipinski definition) is 2. The van der Waals surface area contributed by atoms with Crippen molar-refractivity contribution in [3.63, 3.8) is 0 Å². The number of thiophene rings is 1. The first kappa shape index (κ1) is 27.4. The van der Waals surface area contributed by atoms with Crippen molar-refractivity contribution in [2.75, 3.05) is 4.90 Å². The molecule has 9 aromatic carbocycles.